The summed E-state index contributed by atoms with van der Waals surface area (Å²) in [7, 11) is 0. The molecule has 0 unspecified atom stereocenters. The lowest BCUT2D eigenvalue weighted by molar-refractivity contribution is -0.185. The molecule has 0 spiro atoms. The molecule has 192 valence electrons. The van der Waals surface area contributed by atoms with E-state index >= 15 is 0 Å². The molecule has 0 bridgehead atoms. The normalized spacial score (nSPS) is 18.2. The minimum Gasteiger partial charge on any atom is -0.486 e. The van der Waals surface area contributed by atoms with Crippen LogP contribution in [0, 0.1) is 35.0 Å². The Morgan fingerprint density at radius 1 is 0.778 bits per heavy atom. The number of halogens is 7. The quantitative estimate of drug-likeness (QED) is 0.234. The Morgan fingerprint density at radius 2 is 1.39 bits per heavy atom. The first-order valence-electron chi connectivity index (χ1n) is 11.5. The summed E-state index contributed by atoms with van der Waals surface area (Å²) >= 11 is 0. The van der Waals surface area contributed by atoms with E-state index in [0.717, 1.165) is 37.8 Å². The Kier molecular flexibility index (Phi) is 7.47. The van der Waals surface area contributed by atoms with Crippen molar-refractivity contribution in [1.29, 1.82) is 0 Å². The zero-order chi connectivity index (χ0) is 26.0. The van der Waals surface area contributed by atoms with Crippen LogP contribution in [0.4, 0.5) is 30.7 Å². The third kappa shape index (κ3) is 5.60. The fourth-order valence-electron chi connectivity index (χ4n) is 4.30. The number of alkyl halides is 2. The molecule has 3 aromatic carbocycles. The molecular weight excluding hydrogens is 489 g/mol. The Bertz CT molecular complexity index is 1200. The van der Waals surface area contributed by atoms with E-state index in [9.17, 15) is 30.7 Å². The lowest BCUT2D eigenvalue weighted by Crippen LogP contribution is -2.22. The number of ether oxygens (including phenoxy) is 2. The number of benzene rings is 3. The van der Waals surface area contributed by atoms with Gasteiger partial charge in [-0.2, -0.15) is 13.2 Å². The molecule has 0 aromatic heterocycles. The summed E-state index contributed by atoms with van der Waals surface area (Å²) in [5.74, 6) is -7.82. The highest BCUT2D eigenvalue weighted by atomic mass is 19.3. The van der Waals surface area contributed by atoms with Crippen LogP contribution in [0.15, 0.2) is 48.5 Å². The van der Waals surface area contributed by atoms with Gasteiger partial charge in [-0.1, -0.05) is 38.0 Å². The van der Waals surface area contributed by atoms with Crippen molar-refractivity contribution in [3.05, 3.63) is 94.3 Å². The molecule has 0 saturated heterocycles. The molecule has 4 rings (SSSR count). The fourth-order valence-corrected chi connectivity index (χ4v) is 4.30. The van der Waals surface area contributed by atoms with Crippen LogP contribution in [-0.2, 0) is 12.7 Å². The van der Waals surface area contributed by atoms with Gasteiger partial charge in [0.05, 0.1) is 5.56 Å². The molecule has 36 heavy (non-hydrogen) atoms. The van der Waals surface area contributed by atoms with E-state index in [2.05, 4.69) is 11.7 Å². The highest BCUT2D eigenvalue weighted by molar-refractivity contribution is 5.34. The number of hydrogen-bond acceptors (Lipinski definition) is 2. The largest absolute Gasteiger partial charge is 0.486 e. The molecule has 0 radical (unpaired) electrons. The molecule has 9 heteroatoms. The van der Waals surface area contributed by atoms with Gasteiger partial charge >= 0.3 is 6.11 Å². The molecule has 0 atom stereocenters. The maximum absolute atomic E-state index is 14.7. The lowest BCUT2D eigenvalue weighted by Gasteiger charge is -2.27. The van der Waals surface area contributed by atoms with Crippen molar-refractivity contribution in [2.75, 3.05) is 0 Å². The maximum atomic E-state index is 14.7. The van der Waals surface area contributed by atoms with Crippen LogP contribution >= 0.6 is 0 Å². The highest BCUT2D eigenvalue weighted by Gasteiger charge is 2.35. The van der Waals surface area contributed by atoms with Crippen molar-refractivity contribution >= 4 is 0 Å². The zero-order valence-electron chi connectivity index (χ0n) is 19.3. The summed E-state index contributed by atoms with van der Waals surface area (Å²) in [6, 6.07) is 7.98. The molecule has 0 amide bonds. The first-order chi connectivity index (χ1) is 17.0. The summed E-state index contributed by atoms with van der Waals surface area (Å²) in [4.78, 5) is 0. The van der Waals surface area contributed by atoms with Gasteiger partial charge in [0.15, 0.2) is 29.0 Å². The van der Waals surface area contributed by atoms with Gasteiger partial charge in [-0.25, -0.2) is 17.6 Å². The van der Waals surface area contributed by atoms with Gasteiger partial charge in [0.1, 0.15) is 12.4 Å². The summed E-state index contributed by atoms with van der Waals surface area (Å²) in [6.07, 6.45) is -0.478. The average molecular weight is 512 g/mol. The highest BCUT2D eigenvalue weighted by Crippen LogP contribution is 2.38. The first kappa shape index (κ1) is 25.9. The molecule has 0 aliphatic heterocycles. The van der Waals surface area contributed by atoms with Crippen LogP contribution in [0.1, 0.15) is 55.2 Å². The second-order valence-electron chi connectivity index (χ2n) is 9.04. The van der Waals surface area contributed by atoms with Crippen LogP contribution in [0.2, 0.25) is 0 Å². The Balaban J connectivity index is 1.41. The second-order valence-corrected chi connectivity index (χ2v) is 9.04. The first-order valence-corrected chi connectivity index (χ1v) is 11.5. The van der Waals surface area contributed by atoms with E-state index in [0.29, 0.717) is 29.2 Å². The van der Waals surface area contributed by atoms with Gasteiger partial charge in [0.25, 0.3) is 0 Å². The molecule has 1 aliphatic rings. The summed E-state index contributed by atoms with van der Waals surface area (Å²) in [5.41, 5.74) is 0.0533. The van der Waals surface area contributed by atoms with E-state index in [4.69, 9.17) is 4.74 Å². The zero-order valence-corrected chi connectivity index (χ0v) is 19.3. The van der Waals surface area contributed by atoms with Crippen molar-refractivity contribution < 1.29 is 40.2 Å². The average Bonchev–Trinajstić information content (AvgIpc) is 2.84. The molecule has 0 N–H and O–H groups in total. The van der Waals surface area contributed by atoms with E-state index in [1.165, 1.54) is 24.3 Å². The predicted octanol–water partition coefficient (Wildman–Crippen LogP) is 8.38. The smallest absolute Gasteiger partial charge is 0.426 e. The molecule has 3 aromatic rings. The number of hydrogen-bond donors (Lipinski definition) is 0. The van der Waals surface area contributed by atoms with Gasteiger partial charge in [0, 0.05) is 12.1 Å². The molecule has 2 nitrogen and oxygen atoms in total. The topological polar surface area (TPSA) is 18.5 Å². The molecule has 1 saturated carbocycles. The van der Waals surface area contributed by atoms with Crippen molar-refractivity contribution in [1.82, 2.24) is 0 Å². The lowest BCUT2D eigenvalue weighted by atomic mass is 9.79. The van der Waals surface area contributed by atoms with Gasteiger partial charge in [-0.15, -0.1) is 0 Å². The summed E-state index contributed by atoms with van der Waals surface area (Å²) in [6.45, 7) is 1.91. The van der Waals surface area contributed by atoms with Crippen LogP contribution in [-0.4, -0.2) is 0 Å². The van der Waals surface area contributed by atoms with Crippen LogP contribution in [0.25, 0.3) is 0 Å². The standard InChI is InChI=1S/C27H23F7O2/c1-15-2-6-17(7-3-15)20-10-11-23(26(32)24(20)30)35-14-16-4-8-18(9-5-16)27(33,34)36-19-12-21(28)25(31)22(29)13-19/h4-5,8-13,15,17H,2-3,6-7,14H2,1H3. The maximum Gasteiger partial charge on any atom is 0.426 e. The second kappa shape index (κ2) is 10.4. The van der Waals surface area contributed by atoms with Gasteiger partial charge in [-0.3, -0.25) is 0 Å². The minimum absolute atomic E-state index is 0.0379. The summed E-state index contributed by atoms with van der Waals surface area (Å²) in [5, 5.41) is 0. The van der Waals surface area contributed by atoms with Gasteiger partial charge in [-0.05, 0) is 54.0 Å². The SMILES string of the molecule is CC1CCC(c2ccc(OCc3ccc(C(F)(F)Oc4cc(F)c(F)c(F)c4)cc3)c(F)c2F)CC1. The third-order valence-corrected chi connectivity index (χ3v) is 6.42. The Labute approximate surface area is 203 Å². The van der Waals surface area contributed by atoms with Crippen molar-refractivity contribution in [3.63, 3.8) is 0 Å². The molecular formula is C27H23F7O2. The van der Waals surface area contributed by atoms with Crippen LogP contribution < -0.4 is 9.47 Å². The van der Waals surface area contributed by atoms with Crippen molar-refractivity contribution in [2.45, 2.75) is 51.2 Å². The van der Waals surface area contributed by atoms with Crippen LogP contribution in [0.5, 0.6) is 11.5 Å². The van der Waals surface area contributed by atoms with Crippen molar-refractivity contribution in [3.8, 4) is 11.5 Å². The predicted molar refractivity (Wildman–Crippen MR) is 118 cm³/mol. The van der Waals surface area contributed by atoms with Crippen molar-refractivity contribution in [2.24, 2.45) is 5.92 Å². The van der Waals surface area contributed by atoms with E-state index in [1.54, 1.807) is 0 Å². The van der Waals surface area contributed by atoms with E-state index in [-0.39, 0.29) is 18.3 Å². The van der Waals surface area contributed by atoms with Crippen LogP contribution in [0.3, 0.4) is 0 Å². The Hall–Kier alpha value is -3.23. The van der Waals surface area contributed by atoms with E-state index in [1.807, 2.05) is 0 Å². The fraction of sp³-hybridized carbons (Fsp3) is 0.333. The Morgan fingerprint density at radius 3 is 2.00 bits per heavy atom. The monoisotopic (exact) mass is 512 g/mol. The number of rotatable bonds is 7. The third-order valence-electron chi connectivity index (χ3n) is 6.42. The minimum atomic E-state index is -3.99. The molecule has 1 aliphatic carbocycles. The van der Waals surface area contributed by atoms with Gasteiger partial charge in [0.2, 0.25) is 5.82 Å². The molecule has 0 heterocycles. The summed E-state index contributed by atoms with van der Waals surface area (Å²) < 4.78 is 107. The molecule has 1 fully saturated rings. The van der Waals surface area contributed by atoms with Gasteiger partial charge < -0.3 is 9.47 Å². The van der Waals surface area contributed by atoms with E-state index < -0.39 is 46.5 Å².